The molecule has 0 unspecified atom stereocenters. The van der Waals surface area contributed by atoms with E-state index in [2.05, 4.69) is 9.62 Å². The van der Waals surface area contributed by atoms with Crippen LogP contribution in [0.3, 0.4) is 0 Å². The lowest BCUT2D eigenvalue weighted by Crippen LogP contribution is -2.48. The molecule has 0 atom stereocenters. The van der Waals surface area contributed by atoms with Crippen LogP contribution in [0.5, 0.6) is 0 Å². The van der Waals surface area contributed by atoms with Crippen molar-refractivity contribution in [2.75, 3.05) is 32.7 Å². The minimum absolute atomic E-state index is 0.00156. The fraction of sp³-hybridized carbons (Fsp3) is 0.350. The van der Waals surface area contributed by atoms with Gasteiger partial charge in [-0.1, -0.05) is 29.8 Å². The highest BCUT2D eigenvalue weighted by Gasteiger charge is 2.22. The second-order valence-electron chi connectivity index (χ2n) is 7.19. The Labute approximate surface area is 185 Å². The van der Waals surface area contributed by atoms with Crippen molar-refractivity contribution >= 4 is 33.2 Å². The monoisotopic (exact) mass is 466 g/mol. The number of hydrogen-bond donors (Lipinski definition) is 1. The van der Waals surface area contributed by atoms with Crippen molar-refractivity contribution in [2.45, 2.75) is 17.9 Å². The van der Waals surface area contributed by atoms with E-state index < -0.39 is 14.9 Å². The molecule has 0 bridgehead atoms. The molecule has 1 aliphatic rings. The highest BCUT2D eigenvalue weighted by Crippen LogP contribution is 2.17. The highest BCUT2D eigenvalue weighted by molar-refractivity contribution is 7.89. The molecule has 0 radical (unpaired) electrons. The van der Waals surface area contributed by atoms with Gasteiger partial charge in [-0.05, 0) is 23.8 Å². The molecule has 31 heavy (non-hydrogen) atoms. The minimum Gasteiger partial charge on any atom is -0.340 e. The lowest BCUT2D eigenvalue weighted by atomic mass is 10.1. The topological polar surface area (TPSA) is 113 Å². The standard InChI is InChI=1S/C20H23ClN4O5S/c21-17-4-2-6-19(14-17)31(29,30)22-8-7-20(26)24-11-9-23(10-12-24)15-16-3-1-5-18(13-16)25(27)28/h1-6,13-14,22H,7-12,15H2. The molecule has 1 heterocycles. The van der Waals surface area contributed by atoms with Gasteiger partial charge in [0.25, 0.3) is 5.69 Å². The maximum atomic E-state index is 12.4. The number of non-ortho nitro benzene ring substituents is 1. The number of benzene rings is 2. The molecule has 2 aromatic carbocycles. The average molecular weight is 467 g/mol. The Hall–Kier alpha value is -2.53. The average Bonchev–Trinajstić information content (AvgIpc) is 2.74. The van der Waals surface area contributed by atoms with Crippen LogP contribution >= 0.6 is 11.6 Å². The first-order valence-corrected chi connectivity index (χ1v) is 11.6. The number of rotatable bonds is 8. The summed E-state index contributed by atoms with van der Waals surface area (Å²) in [5.41, 5.74) is 0.913. The van der Waals surface area contributed by atoms with Gasteiger partial charge in [-0.25, -0.2) is 13.1 Å². The molecule has 3 rings (SSSR count). The molecule has 11 heteroatoms. The van der Waals surface area contributed by atoms with Gasteiger partial charge >= 0.3 is 0 Å². The number of halogens is 1. The van der Waals surface area contributed by atoms with Crippen molar-refractivity contribution in [1.82, 2.24) is 14.5 Å². The predicted molar refractivity (Wildman–Crippen MR) is 116 cm³/mol. The number of amides is 1. The van der Waals surface area contributed by atoms with Gasteiger partial charge in [0.2, 0.25) is 15.9 Å². The van der Waals surface area contributed by atoms with Crippen LogP contribution in [0.1, 0.15) is 12.0 Å². The van der Waals surface area contributed by atoms with E-state index in [9.17, 15) is 23.3 Å². The fourth-order valence-corrected chi connectivity index (χ4v) is 4.68. The van der Waals surface area contributed by atoms with Crippen LogP contribution in [0, 0.1) is 10.1 Å². The number of nitrogens with zero attached hydrogens (tertiary/aromatic N) is 3. The second-order valence-corrected chi connectivity index (χ2v) is 9.39. The molecule has 1 N–H and O–H groups in total. The predicted octanol–water partition coefficient (Wildman–Crippen LogP) is 2.26. The summed E-state index contributed by atoms with van der Waals surface area (Å²) in [5.74, 6) is -0.121. The van der Waals surface area contributed by atoms with E-state index in [1.165, 1.54) is 18.2 Å². The van der Waals surface area contributed by atoms with Crippen molar-refractivity contribution in [3.63, 3.8) is 0 Å². The third kappa shape index (κ3) is 6.47. The Kier molecular flexibility index (Phi) is 7.60. The number of nitrogens with one attached hydrogen (secondary N) is 1. The SMILES string of the molecule is O=C(CCNS(=O)(=O)c1cccc(Cl)c1)N1CCN(Cc2cccc([N+](=O)[O-])c2)CC1. The summed E-state index contributed by atoms with van der Waals surface area (Å²) in [7, 11) is -3.72. The van der Waals surface area contributed by atoms with E-state index >= 15 is 0 Å². The Balaban J connectivity index is 1.44. The Bertz CT molecular complexity index is 1060. The molecule has 1 amide bonds. The number of piperazine rings is 1. The first-order valence-electron chi connectivity index (χ1n) is 9.73. The number of sulfonamides is 1. The zero-order chi connectivity index (χ0) is 22.4. The van der Waals surface area contributed by atoms with Crippen molar-refractivity contribution in [2.24, 2.45) is 0 Å². The van der Waals surface area contributed by atoms with E-state index in [0.29, 0.717) is 37.7 Å². The molecule has 166 valence electrons. The van der Waals surface area contributed by atoms with Crippen LogP contribution < -0.4 is 4.72 Å². The minimum atomic E-state index is -3.72. The number of carbonyl (C=O) groups is 1. The smallest absolute Gasteiger partial charge is 0.269 e. The third-order valence-corrected chi connectivity index (χ3v) is 6.68. The molecule has 1 saturated heterocycles. The van der Waals surface area contributed by atoms with Crippen LogP contribution in [-0.4, -0.2) is 61.8 Å². The first-order chi connectivity index (χ1) is 14.7. The molecule has 9 nitrogen and oxygen atoms in total. The van der Waals surface area contributed by atoms with Gasteiger partial charge in [0.05, 0.1) is 9.82 Å². The van der Waals surface area contributed by atoms with E-state index in [4.69, 9.17) is 11.6 Å². The van der Waals surface area contributed by atoms with Crippen LogP contribution in [0.4, 0.5) is 5.69 Å². The van der Waals surface area contributed by atoms with E-state index in [1.54, 1.807) is 29.2 Å². The molecule has 0 aromatic heterocycles. The van der Waals surface area contributed by atoms with Gasteiger partial charge < -0.3 is 4.90 Å². The summed E-state index contributed by atoms with van der Waals surface area (Å²) < 4.78 is 27.0. The summed E-state index contributed by atoms with van der Waals surface area (Å²) in [6.45, 7) is 2.90. The summed E-state index contributed by atoms with van der Waals surface area (Å²) in [5, 5.41) is 11.2. The van der Waals surface area contributed by atoms with E-state index in [-0.39, 0.29) is 29.5 Å². The molecular formula is C20H23ClN4O5S. The van der Waals surface area contributed by atoms with Crippen LogP contribution in [0.2, 0.25) is 5.02 Å². The third-order valence-electron chi connectivity index (χ3n) is 4.99. The number of nitro groups is 1. The van der Waals surface area contributed by atoms with Crippen molar-refractivity contribution in [3.8, 4) is 0 Å². The first kappa shape index (κ1) is 23.1. The van der Waals surface area contributed by atoms with Gasteiger partial charge in [0, 0.05) is 62.8 Å². The molecule has 2 aromatic rings. The number of nitro benzene ring substituents is 1. The zero-order valence-corrected chi connectivity index (χ0v) is 18.3. The summed E-state index contributed by atoms with van der Waals surface area (Å²) in [4.78, 5) is 26.8. The lowest BCUT2D eigenvalue weighted by Gasteiger charge is -2.34. The normalized spacial score (nSPS) is 15.1. The Morgan fingerprint density at radius 2 is 1.81 bits per heavy atom. The lowest BCUT2D eigenvalue weighted by molar-refractivity contribution is -0.384. The summed E-state index contributed by atoms with van der Waals surface area (Å²) in [6, 6.07) is 12.5. The van der Waals surface area contributed by atoms with Crippen LogP contribution in [0.25, 0.3) is 0 Å². The Morgan fingerprint density at radius 1 is 1.10 bits per heavy atom. The highest BCUT2D eigenvalue weighted by atomic mass is 35.5. The summed E-state index contributed by atoms with van der Waals surface area (Å²) >= 11 is 5.83. The van der Waals surface area contributed by atoms with Gasteiger partial charge in [-0.3, -0.25) is 19.8 Å². The van der Waals surface area contributed by atoms with Crippen molar-refractivity contribution in [3.05, 3.63) is 69.2 Å². The van der Waals surface area contributed by atoms with Crippen LogP contribution in [0.15, 0.2) is 53.4 Å². The second kappa shape index (κ2) is 10.2. The van der Waals surface area contributed by atoms with Crippen molar-refractivity contribution < 1.29 is 18.1 Å². The molecule has 0 aliphatic carbocycles. The molecule has 1 fully saturated rings. The number of carbonyl (C=O) groups excluding carboxylic acids is 1. The largest absolute Gasteiger partial charge is 0.340 e. The van der Waals surface area contributed by atoms with Gasteiger partial charge in [-0.2, -0.15) is 0 Å². The number of hydrogen-bond acceptors (Lipinski definition) is 6. The molecule has 1 aliphatic heterocycles. The summed E-state index contributed by atoms with van der Waals surface area (Å²) in [6.07, 6.45) is 0.0602. The van der Waals surface area contributed by atoms with Gasteiger partial charge in [0.15, 0.2) is 0 Å². The van der Waals surface area contributed by atoms with Crippen molar-refractivity contribution in [1.29, 1.82) is 0 Å². The molecular weight excluding hydrogens is 444 g/mol. The maximum Gasteiger partial charge on any atom is 0.269 e. The molecule has 0 spiro atoms. The van der Waals surface area contributed by atoms with Gasteiger partial charge in [0.1, 0.15) is 0 Å². The van der Waals surface area contributed by atoms with Crippen LogP contribution in [-0.2, 0) is 21.4 Å². The van der Waals surface area contributed by atoms with E-state index in [0.717, 1.165) is 5.56 Å². The molecule has 0 saturated carbocycles. The zero-order valence-electron chi connectivity index (χ0n) is 16.7. The van der Waals surface area contributed by atoms with E-state index in [1.807, 2.05) is 6.07 Å². The maximum absolute atomic E-state index is 12.4. The quantitative estimate of drug-likeness (QED) is 0.471. The van der Waals surface area contributed by atoms with Gasteiger partial charge in [-0.15, -0.1) is 0 Å². The Morgan fingerprint density at radius 3 is 2.48 bits per heavy atom. The fourth-order valence-electron chi connectivity index (χ4n) is 3.35.